The quantitative estimate of drug-likeness (QED) is 0.140. The Morgan fingerprint density at radius 3 is 0.978 bits per heavy atom. The fourth-order valence-corrected chi connectivity index (χ4v) is 6.35. The maximum atomic E-state index is 12.5. The van der Waals surface area contributed by atoms with Crippen LogP contribution in [0.1, 0.15) is 108 Å². The first kappa shape index (κ1) is 33.6. The molecular weight excluding hydrogens is 584 g/mol. The van der Waals surface area contributed by atoms with Crippen LogP contribution in [0.3, 0.4) is 0 Å². The standard InChI is InChI=1S/C38H38O8/c1-18-9-26(13-30(22(18)5)34(39)40)17-38(27-10-19(2)23(6)31(14-27)35(41)42,28-11-20(3)24(7)32(15-28)36(43)44)29-12-21(4)25(8)33(16-29)37(45)46/h9-16H,17H2,1-8H3,(H,39,40)(H,41,42)(H,43,44)(H,45,46). The van der Waals surface area contributed by atoms with E-state index in [0.717, 1.165) is 5.56 Å². The van der Waals surface area contributed by atoms with Crippen molar-refractivity contribution in [2.45, 2.75) is 67.2 Å². The third-order valence-corrected chi connectivity index (χ3v) is 9.60. The number of carboxylic acids is 4. The van der Waals surface area contributed by atoms with Gasteiger partial charge in [0.25, 0.3) is 0 Å². The van der Waals surface area contributed by atoms with Crippen molar-refractivity contribution in [1.82, 2.24) is 0 Å². The van der Waals surface area contributed by atoms with E-state index in [2.05, 4.69) is 0 Å². The van der Waals surface area contributed by atoms with Crippen molar-refractivity contribution in [3.8, 4) is 0 Å². The zero-order valence-corrected chi connectivity index (χ0v) is 27.2. The molecule has 4 aromatic rings. The van der Waals surface area contributed by atoms with Crippen molar-refractivity contribution in [1.29, 1.82) is 0 Å². The van der Waals surface area contributed by atoms with Gasteiger partial charge in [-0.05, 0) is 153 Å². The molecule has 0 radical (unpaired) electrons. The van der Waals surface area contributed by atoms with E-state index in [9.17, 15) is 39.6 Å². The molecular formula is C38H38O8. The molecule has 0 saturated carbocycles. The Balaban J connectivity index is 2.33. The molecule has 0 atom stereocenters. The molecule has 0 fully saturated rings. The third-order valence-electron chi connectivity index (χ3n) is 9.60. The summed E-state index contributed by atoms with van der Waals surface area (Å²) in [6.45, 7) is 14.0. The molecule has 0 bridgehead atoms. The molecule has 0 aromatic heterocycles. The second kappa shape index (κ2) is 12.3. The van der Waals surface area contributed by atoms with Gasteiger partial charge in [-0.25, -0.2) is 19.2 Å². The average Bonchev–Trinajstić information content (AvgIpc) is 2.96. The Morgan fingerprint density at radius 1 is 0.435 bits per heavy atom. The predicted octanol–water partition coefficient (Wildman–Crippen LogP) is 7.52. The summed E-state index contributed by atoms with van der Waals surface area (Å²) in [7, 11) is 0. The van der Waals surface area contributed by atoms with Crippen molar-refractivity contribution >= 4 is 23.9 Å². The number of benzene rings is 4. The second-order valence-corrected chi connectivity index (χ2v) is 12.3. The van der Waals surface area contributed by atoms with E-state index in [1.807, 2.05) is 31.2 Å². The summed E-state index contributed by atoms with van der Waals surface area (Å²) in [5, 5.41) is 40.8. The van der Waals surface area contributed by atoms with Crippen LogP contribution in [0.5, 0.6) is 0 Å². The molecule has 46 heavy (non-hydrogen) atoms. The van der Waals surface area contributed by atoms with Crippen LogP contribution in [0.25, 0.3) is 0 Å². The Labute approximate surface area is 268 Å². The highest BCUT2D eigenvalue weighted by atomic mass is 16.4. The predicted molar refractivity (Wildman–Crippen MR) is 175 cm³/mol. The van der Waals surface area contributed by atoms with Crippen molar-refractivity contribution in [3.63, 3.8) is 0 Å². The first-order chi connectivity index (χ1) is 21.4. The Kier molecular flexibility index (Phi) is 8.98. The van der Waals surface area contributed by atoms with Gasteiger partial charge in [-0.15, -0.1) is 0 Å². The summed E-state index contributed by atoms with van der Waals surface area (Å²) >= 11 is 0. The zero-order valence-electron chi connectivity index (χ0n) is 27.2. The monoisotopic (exact) mass is 622 g/mol. The van der Waals surface area contributed by atoms with Crippen LogP contribution in [0.2, 0.25) is 0 Å². The van der Waals surface area contributed by atoms with Gasteiger partial charge in [0.1, 0.15) is 0 Å². The van der Waals surface area contributed by atoms with Gasteiger partial charge in [-0.1, -0.05) is 24.3 Å². The van der Waals surface area contributed by atoms with Gasteiger partial charge in [0.2, 0.25) is 0 Å². The number of aryl methyl sites for hydroxylation is 4. The number of hydrogen-bond acceptors (Lipinski definition) is 4. The largest absolute Gasteiger partial charge is 0.478 e. The molecule has 238 valence electrons. The fraction of sp³-hybridized carbons (Fsp3) is 0.263. The lowest BCUT2D eigenvalue weighted by Crippen LogP contribution is -2.34. The van der Waals surface area contributed by atoms with E-state index < -0.39 is 29.3 Å². The molecule has 0 spiro atoms. The van der Waals surface area contributed by atoms with Gasteiger partial charge >= 0.3 is 23.9 Å². The highest BCUT2D eigenvalue weighted by Gasteiger charge is 2.40. The highest BCUT2D eigenvalue weighted by molar-refractivity contribution is 5.93. The van der Waals surface area contributed by atoms with Crippen LogP contribution in [0.4, 0.5) is 0 Å². The zero-order chi connectivity index (χ0) is 34.4. The number of hydrogen-bond donors (Lipinski definition) is 4. The molecule has 0 amide bonds. The summed E-state index contributed by atoms with van der Waals surface area (Å²) in [5.41, 5.74) is 6.03. The Morgan fingerprint density at radius 2 is 0.696 bits per heavy atom. The van der Waals surface area contributed by atoms with Crippen molar-refractivity contribution in [3.05, 3.63) is 138 Å². The molecule has 4 aromatic carbocycles. The summed E-state index contributed by atoms with van der Waals surface area (Å²) in [5.74, 6) is -4.54. The first-order valence-electron chi connectivity index (χ1n) is 14.8. The van der Waals surface area contributed by atoms with Gasteiger partial charge in [-0.3, -0.25) is 0 Å². The van der Waals surface area contributed by atoms with E-state index in [4.69, 9.17) is 0 Å². The van der Waals surface area contributed by atoms with Gasteiger partial charge < -0.3 is 20.4 Å². The lowest BCUT2D eigenvalue weighted by Gasteiger charge is -2.38. The molecule has 0 saturated heterocycles. The Bertz CT molecular complexity index is 1800. The minimum atomic E-state index is -1.36. The van der Waals surface area contributed by atoms with Crippen molar-refractivity contribution in [2.75, 3.05) is 0 Å². The molecule has 0 heterocycles. The van der Waals surface area contributed by atoms with Crippen LogP contribution in [-0.4, -0.2) is 44.3 Å². The van der Waals surface area contributed by atoms with Crippen LogP contribution in [-0.2, 0) is 11.8 Å². The maximum absolute atomic E-state index is 12.5. The SMILES string of the molecule is Cc1cc(CC(c2cc(C)c(C)c(C(=O)O)c2)(c2cc(C)c(C)c(C(=O)O)c2)c2cc(C)c(C)c(C(=O)O)c2)cc(C(=O)O)c1C. The highest BCUT2D eigenvalue weighted by Crippen LogP contribution is 2.46. The van der Waals surface area contributed by atoms with E-state index in [1.165, 1.54) is 0 Å². The van der Waals surface area contributed by atoms with Crippen molar-refractivity contribution < 1.29 is 39.6 Å². The minimum Gasteiger partial charge on any atom is -0.478 e. The topological polar surface area (TPSA) is 149 Å². The molecule has 8 heteroatoms. The fourth-order valence-electron chi connectivity index (χ4n) is 6.35. The van der Waals surface area contributed by atoms with E-state index in [-0.39, 0.29) is 28.7 Å². The van der Waals surface area contributed by atoms with Crippen molar-refractivity contribution in [2.24, 2.45) is 0 Å². The van der Waals surface area contributed by atoms with Crippen LogP contribution in [0, 0.1) is 55.4 Å². The molecule has 0 aliphatic rings. The lowest BCUT2D eigenvalue weighted by molar-refractivity contribution is 0.0684. The van der Waals surface area contributed by atoms with E-state index in [0.29, 0.717) is 61.2 Å². The second-order valence-electron chi connectivity index (χ2n) is 12.3. The average molecular weight is 623 g/mol. The summed E-state index contributed by atoms with van der Waals surface area (Å²) < 4.78 is 0. The molecule has 4 N–H and O–H groups in total. The molecule has 4 rings (SSSR count). The van der Waals surface area contributed by atoms with Gasteiger partial charge in [-0.2, -0.15) is 0 Å². The normalized spacial score (nSPS) is 11.4. The van der Waals surface area contributed by atoms with Gasteiger partial charge in [0.05, 0.1) is 22.3 Å². The molecule has 0 unspecified atom stereocenters. The summed E-state index contributed by atoms with van der Waals surface area (Å²) in [4.78, 5) is 50.0. The van der Waals surface area contributed by atoms with Crippen LogP contribution >= 0.6 is 0 Å². The summed E-state index contributed by atoms with van der Waals surface area (Å²) in [6.07, 6.45) is 0.0685. The van der Waals surface area contributed by atoms with Crippen LogP contribution < -0.4 is 0 Å². The summed E-state index contributed by atoms with van der Waals surface area (Å²) in [6, 6.07) is 13.7. The van der Waals surface area contributed by atoms with E-state index >= 15 is 0 Å². The maximum Gasteiger partial charge on any atom is 0.335 e. The smallest absolute Gasteiger partial charge is 0.335 e. The number of carbonyl (C=O) groups is 4. The lowest BCUT2D eigenvalue weighted by atomic mass is 9.64. The number of carboxylic acid groups (broad SMARTS) is 4. The van der Waals surface area contributed by atoms with Crippen LogP contribution in [0.15, 0.2) is 48.5 Å². The Hall–Kier alpha value is -5.24. The van der Waals surface area contributed by atoms with Gasteiger partial charge in [0, 0.05) is 5.41 Å². The molecule has 0 aliphatic carbocycles. The van der Waals surface area contributed by atoms with E-state index in [1.54, 1.807) is 72.7 Å². The first-order valence-corrected chi connectivity index (χ1v) is 14.8. The van der Waals surface area contributed by atoms with Gasteiger partial charge in [0.15, 0.2) is 0 Å². The third kappa shape index (κ3) is 5.78. The minimum absolute atomic E-state index is 0.0512. The number of rotatable bonds is 9. The number of aromatic carboxylic acids is 4. The molecule has 0 aliphatic heterocycles. The molecule has 8 nitrogen and oxygen atoms in total.